The minimum Gasteiger partial charge on any atom is -0.396 e. The summed E-state index contributed by atoms with van der Waals surface area (Å²) >= 11 is 6.21. The Kier molecular flexibility index (Phi) is 3.63. The van der Waals surface area contributed by atoms with Crippen LogP contribution in [-0.2, 0) is 0 Å². The number of rotatable bonds is 4. The zero-order valence-electron chi connectivity index (χ0n) is 11.2. The third-order valence-corrected chi connectivity index (χ3v) is 4.63. The average Bonchev–Trinajstić information content (AvgIpc) is 3.15. The molecular formula is C14H20ClN3O. The molecule has 0 aliphatic heterocycles. The maximum Gasteiger partial charge on any atom is 0.137 e. The Hall–Kier alpha value is -0.870. The zero-order chi connectivity index (χ0) is 13.4. The summed E-state index contributed by atoms with van der Waals surface area (Å²) in [6.07, 6.45) is 5.67. The highest BCUT2D eigenvalue weighted by Gasteiger charge is 2.30. The number of hydrogen-bond donors (Lipinski definition) is 2. The van der Waals surface area contributed by atoms with E-state index in [1.807, 2.05) is 6.92 Å². The van der Waals surface area contributed by atoms with Gasteiger partial charge in [-0.2, -0.15) is 0 Å². The summed E-state index contributed by atoms with van der Waals surface area (Å²) in [4.78, 5) is 9.01. The van der Waals surface area contributed by atoms with E-state index >= 15 is 0 Å². The molecule has 1 aromatic rings. The number of aliphatic hydroxyl groups excluding tert-OH is 1. The molecule has 0 saturated heterocycles. The van der Waals surface area contributed by atoms with Gasteiger partial charge in [-0.15, -0.1) is 0 Å². The zero-order valence-corrected chi connectivity index (χ0v) is 12.0. The van der Waals surface area contributed by atoms with Crippen molar-refractivity contribution in [3.05, 3.63) is 16.5 Å². The summed E-state index contributed by atoms with van der Waals surface area (Å²) < 4.78 is 0. The maximum absolute atomic E-state index is 9.39. The van der Waals surface area contributed by atoms with E-state index in [1.54, 1.807) is 0 Å². The SMILES string of the molecule is Cc1c(Cl)nc(C2CC2)nc1NC1CCCC1CO. The summed E-state index contributed by atoms with van der Waals surface area (Å²) in [5, 5.41) is 13.4. The van der Waals surface area contributed by atoms with Crippen molar-refractivity contribution in [2.75, 3.05) is 11.9 Å². The minimum atomic E-state index is 0.241. The van der Waals surface area contributed by atoms with Crippen molar-refractivity contribution >= 4 is 17.4 Å². The molecule has 2 unspecified atom stereocenters. The van der Waals surface area contributed by atoms with Gasteiger partial charge in [-0.3, -0.25) is 0 Å². The molecule has 1 heterocycles. The van der Waals surface area contributed by atoms with Gasteiger partial charge in [-0.1, -0.05) is 18.0 Å². The van der Waals surface area contributed by atoms with Gasteiger partial charge in [-0.25, -0.2) is 9.97 Å². The number of aromatic nitrogens is 2. The number of halogens is 1. The molecule has 2 saturated carbocycles. The first-order valence-corrected chi connectivity index (χ1v) is 7.48. The monoisotopic (exact) mass is 281 g/mol. The fraction of sp³-hybridized carbons (Fsp3) is 0.714. The lowest BCUT2D eigenvalue weighted by atomic mass is 10.1. The molecule has 104 valence electrons. The van der Waals surface area contributed by atoms with E-state index in [-0.39, 0.29) is 6.61 Å². The van der Waals surface area contributed by atoms with E-state index in [0.717, 1.165) is 36.5 Å². The lowest BCUT2D eigenvalue weighted by Gasteiger charge is -2.21. The summed E-state index contributed by atoms with van der Waals surface area (Å²) in [5.74, 6) is 2.55. The van der Waals surface area contributed by atoms with Crippen LogP contribution in [0.25, 0.3) is 0 Å². The molecule has 2 fully saturated rings. The quantitative estimate of drug-likeness (QED) is 0.833. The van der Waals surface area contributed by atoms with E-state index in [0.29, 0.717) is 23.0 Å². The van der Waals surface area contributed by atoms with Crippen molar-refractivity contribution in [3.8, 4) is 0 Å². The number of nitrogens with zero attached hydrogens (tertiary/aromatic N) is 2. The van der Waals surface area contributed by atoms with Gasteiger partial charge in [0.1, 0.15) is 16.8 Å². The van der Waals surface area contributed by atoms with Crippen LogP contribution >= 0.6 is 11.6 Å². The Balaban J connectivity index is 1.83. The summed E-state index contributed by atoms with van der Waals surface area (Å²) in [5.41, 5.74) is 0.912. The van der Waals surface area contributed by atoms with Crippen LogP contribution in [0.2, 0.25) is 5.15 Å². The molecule has 0 aromatic carbocycles. The lowest BCUT2D eigenvalue weighted by molar-refractivity contribution is 0.222. The Morgan fingerprint density at radius 1 is 1.26 bits per heavy atom. The highest BCUT2D eigenvalue weighted by Crippen LogP contribution is 2.40. The Morgan fingerprint density at radius 3 is 2.74 bits per heavy atom. The molecule has 2 atom stereocenters. The Morgan fingerprint density at radius 2 is 2.05 bits per heavy atom. The molecule has 2 N–H and O–H groups in total. The molecule has 0 bridgehead atoms. The summed E-state index contributed by atoms with van der Waals surface area (Å²) in [7, 11) is 0. The van der Waals surface area contributed by atoms with Crippen LogP contribution in [0.3, 0.4) is 0 Å². The van der Waals surface area contributed by atoms with E-state index in [2.05, 4.69) is 15.3 Å². The van der Waals surface area contributed by atoms with Crippen LogP contribution in [0.4, 0.5) is 5.82 Å². The molecule has 3 rings (SSSR count). The molecule has 0 radical (unpaired) electrons. The number of anilines is 1. The standard InChI is InChI=1S/C14H20ClN3O/c1-8-12(15)17-14(9-5-6-9)18-13(8)16-11-4-2-3-10(11)7-19/h9-11,19H,2-7H2,1H3,(H,16,17,18). The molecule has 2 aliphatic rings. The van der Waals surface area contributed by atoms with Crippen LogP contribution in [-0.4, -0.2) is 27.7 Å². The predicted molar refractivity (Wildman–Crippen MR) is 75.6 cm³/mol. The van der Waals surface area contributed by atoms with Crippen molar-refractivity contribution in [3.63, 3.8) is 0 Å². The van der Waals surface area contributed by atoms with Crippen molar-refractivity contribution < 1.29 is 5.11 Å². The molecular weight excluding hydrogens is 262 g/mol. The van der Waals surface area contributed by atoms with E-state index in [4.69, 9.17) is 11.6 Å². The second-order valence-electron chi connectivity index (χ2n) is 5.74. The van der Waals surface area contributed by atoms with Gasteiger partial charge in [0.05, 0.1) is 0 Å². The third-order valence-electron chi connectivity index (χ3n) is 4.26. The molecule has 4 nitrogen and oxygen atoms in total. The van der Waals surface area contributed by atoms with Crippen molar-refractivity contribution in [1.82, 2.24) is 9.97 Å². The van der Waals surface area contributed by atoms with E-state index < -0.39 is 0 Å². The van der Waals surface area contributed by atoms with Crippen LogP contribution in [0.5, 0.6) is 0 Å². The van der Waals surface area contributed by atoms with Gasteiger partial charge in [0.25, 0.3) is 0 Å². The second-order valence-corrected chi connectivity index (χ2v) is 6.10. The number of aliphatic hydroxyl groups is 1. The summed E-state index contributed by atoms with van der Waals surface area (Å²) in [6.45, 7) is 2.19. The summed E-state index contributed by atoms with van der Waals surface area (Å²) in [6, 6.07) is 0.307. The molecule has 0 amide bonds. The topological polar surface area (TPSA) is 58.0 Å². The van der Waals surface area contributed by atoms with E-state index in [1.165, 1.54) is 12.8 Å². The number of hydrogen-bond acceptors (Lipinski definition) is 4. The predicted octanol–water partition coefficient (Wildman–Crippen LogP) is 2.89. The van der Waals surface area contributed by atoms with Gasteiger partial charge in [0.15, 0.2) is 0 Å². The first kappa shape index (κ1) is 13.1. The van der Waals surface area contributed by atoms with Gasteiger partial charge in [0, 0.05) is 30.0 Å². The lowest BCUT2D eigenvalue weighted by Crippen LogP contribution is -2.27. The minimum absolute atomic E-state index is 0.241. The highest BCUT2D eigenvalue weighted by atomic mass is 35.5. The fourth-order valence-electron chi connectivity index (χ4n) is 2.79. The number of nitrogens with one attached hydrogen (secondary N) is 1. The smallest absolute Gasteiger partial charge is 0.137 e. The van der Waals surface area contributed by atoms with Gasteiger partial charge in [0.2, 0.25) is 0 Å². The fourth-order valence-corrected chi connectivity index (χ4v) is 2.97. The molecule has 0 spiro atoms. The molecule has 2 aliphatic carbocycles. The largest absolute Gasteiger partial charge is 0.396 e. The first-order valence-electron chi connectivity index (χ1n) is 7.10. The van der Waals surface area contributed by atoms with Crippen LogP contribution < -0.4 is 5.32 Å². The molecule has 1 aromatic heterocycles. The third kappa shape index (κ3) is 2.70. The van der Waals surface area contributed by atoms with Gasteiger partial charge >= 0.3 is 0 Å². The van der Waals surface area contributed by atoms with E-state index in [9.17, 15) is 5.11 Å². The normalized spacial score (nSPS) is 26.7. The van der Waals surface area contributed by atoms with Crippen molar-refractivity contribution in [2.45, 2.75) is 51.0 Å². The van der Waals surface area contributed by atoms with Crippen LogP contribution in [0.15, 0.2) is 0 Å². The average molecular weight is 282 g/mol. The van der Waals surface area contributed by atoms with Crippen LogP contribution in [0, 0.1) is 12.8 Å². The first-order chi connectivity index (χ1) is 9.19. The highest BCUT2D eigenvalue weighted by molar-refractivity contribution is 6.30. The van der Waals surface area contributed by atoms with Crippen LogP contribution in [0.1, 0.15) is 49.4 Å². The van der Waals surface area contributed by atoms with Crippen molar-refractivity contribution in [1.29, 1.82) is 0 Å². The van der Waals surface area contributed by atoms with Crippen molar-refractivity contribution in [2.24, 2.45) is 5.92 Å². The Bertz CT molecular complexity index is 476. The van der Waals surface area contributed by atoms with Gasteiger partial charge < -0.3 is 10.4 Å². The Labute approximate surface area is 118 Å². The van der Waals surface area contributed by atoms with Gasteiger partial charge in [-0.05, 0) is 32.6 Å². The molecule has 19 heavy (non-hydrogen) atoms. The second kappa shape index (κ2) is 5.25. The molecule has 5 heteroatoms. The maximum atomic E-state index is 9.39.